The highest BCUT2D eigenvalue weighted by Crippen LogP contribution is 2.25. The summed E-state index contributed by atoms with van der Waals surface area (Å²) in [4.78, 5) is 2.04. The van der Waals surface area contributed by atoms with Gasteiger partial charge in [0.2, 0.25) is 0 Å². The number of nitrogens with zero attached hydrogens (tertiary/aromatic N) is 3. The first kappa shape index (κ1) is 13.6. The first-order valence-electron chi connectivity index (χ1n) is 5.15. The Labute approximate surface area is 104 Å². The van der Waals surface area contributed by atoms with Crippen LogP contribution in [0.3, 0.4) is 0 Å². The Bertz CT molecular complexity index is 339. The minimum absolute atomic E-state index is 0.622. The number of halogens is 1. The van der Waals surface area contributed by atoms with E-state index >= 15 is 0 Å². The largest absolute Gasteiger partial charge is 0.390 e. The predicted octanol–water partition coefficient (Wildman–Crippen LogP) is 0.621. The fourth-order valence-electron chi connectivity index (χ4n) is 1.37. The lowest BCUT2D eigenvalue weighted by atomic mass is 10.1. The standard InChI is InChI=1S/C10H18BrN3O2/c1-7(15)10(16)9-8(11)6-12-14(9)5-4-13(2)3/h6-7,10,15-16H,4-5H2,1-3H3. The van der Waals surface area contributed by atoms with E-state index in [-0.39, 0.29) is 0 Å². The van der Waals surface area contributed by atoms with Crippen LogP contribution in [-0.2, 0) is 6.54 Å². The van der Waals surface area contributed by atoms with Crippen LogP contribution in [0, 0.1) is 0 Å². The van der Waals surface area contributed by atoms with Gasteiger partial charge in [0.1, 0.15) is 6.10 Å². The van der Waals surface area contributed by atoms with Crippen molar-refractivity contribution in [3.63, 3.8) is 0 Å². The molecule has 2 unspecified atom stereocenters. The van der Waals surface area contributed by atoms with Gasteiger partial charge in [-0.15, -0.1) is 0 Å². The van der Waals surface area contributed by atoms with Gasteiger partial charge in [-0.1, -0.05) is 0 Å². The molecule has 5 nitrogen and oxygen atoms in total. The van der Waals surface area contributed by atoms with Crippen molar-refractivity contribution in [1.82, 2.24) is 14.7 Å². The normalized spacial score (nSPS) is 15.4. The van der Waals surface area contributed by atoms with Gasteiger partial charge in [-0.25, -0.2) is 0 Å². The average molecular weight is 292 g/mol. The molecular weight excluding hydrogens is 274 g/mol. The molecule has 92 valence electrons. The van der Waals surface area contributed by atoms with Crippen LogP contribution < -0.4 is 0 Å². The molecule has 0 aliphatic heterocycles. The summed E-state index contributed by atoms with van der Waals surface area (Å²) < 4.78 is 2.43. The Hall–Kier alpha value is -0.430. The van der Waals surface area contributed by atoms with Crippen LogP contribution >= 0.6 is 15.9 Å². The van der Waals surface area contributed by atoms with Crippen LogP contribution in [0.5, 0.6) is 0 Å². The lowest BCUT2D eigenvalue weighted by Gasteiger charge is -2.17. The van der Waals surface area contributed by atoms with Crippen LogP contribution in [-0.4, -0.2) is 51.6 Å². The van der Waals surface area contributed by atoms with Crippen molar-refractivity contribution in [3.8, 4) is 0 Å². The van der Waals surface area contributed by atoms with Gasteiger partial charge < -0.3 is 15.1 Å². The Morgan fingerprint density at radius 1 is 1.50 bits per heavy atom. The van der Waals surface area contributed by atoms with E-state index < -0.39 is 12.2 Å². The van der Waals surface area contributed by atoms with Crippen molar-refractivity contribution in [2.75, 3.05) is 20.6 Å². The van der Waals surface area contributed by atoms with Gasteiger partial charge in [0, 0.05) is 6.54 Å². The molecule has 0 radical (unpaired) electrons. The zero-order chi connectivity index (χ0) is 12.3. The summed E-state index contributed by atoms with van der Waals surface area (Å²) in [6, 6.07) is 0. The van der Waals surface area contributed by atoms with Gasteiger partial charge in [-0.3, -0.25) is 4.68 Å². The van der Waals surface area contributed by atoms with Gasteiger partial charge in [0.15, 0.2) is 0 Å². The summed E-state index contributed by atoms with van der Waals surface area (Å²) >= 11 is 3.33. The highest BCUT2D eigenvalue weighted by molar-refractivity contribution is 9.10. The van der Waals surface area contributed by atoms with Crippen molar-refractivity contribution >= 4 is 15.9 Å². The maximum absolute atomic E-state index is 9.86. The highest BCUT2D eigenvalue weighted by Gasteiger charge is 2.21. The second-order valence-electron chi connectivity index (χ2n) is 4.09. The average Bonchev–Trinajstić information content (AvgIpc) is 2.55. The number of hydrogen-bond acceptors (Lipinski definition) is 4. The molecular formula is C10H18BrN3O2. The van der Waals surface area contributed by atoms with E-state index in [4.69, 9.17) is 0 Å². The van der Waals surface area contributed by atoms with Crippen LogP contribution in [0.4, 0.5) is 0 Å². The molecule has 2 N–H and O–H groups in total. The van der Waals surface area contributed by atoms with Crippen molar-refractivity contribution in [3.05, 3.63) is 16.4 Å². The molecule has 0 aliphatic carbocycles. The van der Waals surface area contributed by atoms with Gasteiger partial charge >= 0.3 is 0 Å². The van der Waals surface area contributed by atoms with E-state index in [2.05, 4.69) is 21.0 Å². The second kappa shape index (κ2) is 5.77. The van der Waals surface area contributed by atoms with Crippen LogP contribution in [0.15, 0.2) is 10.7 Å². The Morgan fingerprint density at radius 3 is 2.62 bits per heavy atom. The topological polar surface area (TPSA) is 61.5 Å². The van der Waals surface area contributed by atoms with Gasteiger partial charge in [-0.2, -0.15) is 5.10 Å². The molecule has 0 aromatic carbocycles. The Kier molecular flexibility index (Phi) is 4.91. The van der Waals surface area contributed by atoms with E-state index in [1.807, 2.05) is 19.0 Å². The van der Waals surface area contributed by atoms with Crippen molar-refractivity contribution in [1.29, 1.82) is 0 Å². The Balaban J connectivity index is 2.85. The summed E-state index contributed by atoms with van der Waals surface area (Å²) in [6.07, 6.45) is -0.0958. The molecule has 1 rings (SSSR count). The van der Waals surface area contributed by atoms with E-state index in [0.717, 1.165) is 11.0 Å². The molecule has 0 bridgehead atoms. The SMILES string of the molecule is CC(O)C(O)c1c(Br)cnn1CCN(C)C. The predicted molar refractivity (Wildman–Crippen MR) is 65.1 cm³/mol. The number of aromatic nitrogens is 2. The monoisotopic (exact) mass is 291 g/mol. The maximum atomic E-state index is 9.86. The number of aliphatic hydroxyl groups excluding tert-OH is 2. The highest BCUT2D eigenvalue weighted by atomic mass is 79.9. The molecule has 1 aromatic rings. The van der Waals surface area contributed by atoms with E-state index in [0.29, 0.717) is 12.2 Å². The summed E-state index contributed by atoms with van der Waals surface area (Å²) in [6.45, 7) is 3.06. The van der Waals surface area contributed by atoms with Crippen molar-refractivity contribution < 1.29 is 10.2 Å². The Morgan fingerprint density at radius 2 is 2.12 bits per heavy atom. The molecule has 0 spiro atoms. The van der Waals surface area contributed by atoms with Crippen LogP contribution in [0.25, 0.3) is 0 Å². The first-order chi connectivity index (χ1) is 7.43. The molecule has 0 amide bonds. The minimum atomic E-state index is -0.918. The summed E-state index contributed by atoms with van der Waals surface area (Å²) in [5.74, 6) is 0. The molecule has 2 atom stereocenters. The zero-order valence-corrected chi connectivity index (χ0v) is 11.3. The second-order valence-corrected chi connectivity index (χ2v) is 4.94. The van der Waals surface area contributed by atoms with Crippen molar-refractivity contribution in [2.24, 2.45) is 0 Å². The molecule has 16 heavy (non-hydrogen) atoms. The summed E-state index contributed by atoms with van der Waals surface area (Å²) in [5.41, 5.74) is 0.622. The summed E-state index contributed by atoms with van der Waals surface area (Å²) in [5, 5.41) is 23.4. The van der Waals surface area contributed by atoms with Crippen molar-refractivity contribution in [2.45, 2.75) is 25.7 Å². The van der Waals surface area contributed by atoms with Crippen LogP contribution in [0.1, 0.15) is 18.7 Å². The fraction of sp³-hybridized carbons (Fsp3) is 0.700. The molecule has 1 heterocycles. The maximum Gasteiger partial charge on any atom is 0.122 e. The minimum Gasteiger partial charge on any atom is -0.390 e. The lowest BCUT2D eigenvalue weighted by molar-refractivity contribution is 0.0241. The smallest absolute Gasteiger partial charge is 0.122 e. The molecule has 0 saturated carbocycles. The third-order valence-electron chi connectivity index (χ3n) is 2.33. The van der Waals surface area contributed by atoms with Crippen LogP contribution in [0.2, 0.25) is 0 Å². The molecule has 1 aromatic heterocycles. The first-order valence-corrected chi connectivity index (χ1v) is 5.95. The molecule has 0 aliphatic rings. The number of likely N-dealkylation sites (N-methyl/N-ethyl adjacent to an activating group) is 1. The zero-order valence-electron chi connectivity index (χ0n) is 9.76. The third-order valence-corrected chi connectivity index (χ3v) is 2.94. The van der Waals surface area contributed by atoms with E-state index in [9.17, 15) is 10.2 Å². The number of aliphatic hydroxyl groups is 2. The molecule has 0 fully saturated rings. The fourth-order valence-corrected chi connectivity index (χ4v) is 1.90. The van der Waals surface area contributed by atoms with Gasteiger partial charge in [0.25, 0.3) is 0 Å². The quantitative estimate of drug-likeness (QED) is 0.835. The van der Waals surface area contributed by atoms with Gasteiger partial charge in [-0.05, 0) is 36.9 Å². The van der Waals surface area contributed by atoms with Gasteiger partial charge in [0.05, 0.1) is 29.0 Å². The van der Waals surface area contributed by atoms with E-state index in [1.165, 1.54) is 0 Å². The molecule has 6 heteroatoms. The molecule has 0 saturated heterocycles. The summed E-state index contributed by atoms with van der Waals surface area (Å²) in [7, 11) is 3.95. The van der Waals surface area contributed by atoms with E-state index in [1.54, 1.807) is 17.8 Å². The number of hydrogen-bond donors (Lipinski definition) is 2. The third kappa shape index (κ3) is 3.28. The lowest BCUT2D eigenvalue weighted by Crippen LogP contribution is -2.23. The number of rotatable bonds is 5.